The Bertz CT molecular complexity index is 20.9. The minimum absolute atomic E-state index is 0.553. The number of rotatable bonds is 1. The zero-order valence-corrected chi connectivity index (χ0v) is 4.66. The Morgan fingerprint density at radius 3 is 2.20 bits per heavy atom. The Morgan fingerprint density at radius 2 is 2.20 bits per heavy atom. The molecule has 0 saturated heterocycles. The van der Waals surface area contributed by atoms with Crippen LogP contribution < -0.4 is 0 Å². The largest absolute Gasteiger partial charge is 0.221 e. The van der Waals surface area contributed by atoms with E-state index in [9.17, 15) is 5.11 Å². The summed E-state index contributed by atoms with van der Waals surface area (Å²) in [5.41, 5.74) is 0. The molecule has 1 unspecified atom stereocenters. The number of halogens is 1. The standard InChI is InChI=1S/C3H6BrO/c1-2-3(4)5/h3H,2H2,1H3. The maximum atomic E-state index is 9.81. The van der Waals surface area contributed by atoms with Gasteiger partial charge in [-0.3, -0.25) is 0 Å². The molecular weight excluding hydrogens is 132 g/mol. The van der Waals surface area contributed by atoms with E-state index in [1.807, 2.05) is 6.92 Å². The Hall–Kier alpha value is 0.440. The Morgan fingerprint density at radius 1 is 2.00 bits per heavy atom. The Balaban J connectivity index is 2.54. The van der Waals surface area contributed by atoms with Gasteiger partial charge in [0, 0.05) is 0 Å². The van der Waals surface area contributed by atoms with Crippen LogP contribution in [0.4, 0.5) is 0 Å². The van der Waals surface area contributed by atoms with Gasteiger partial charge < -0.3 is 0 Å². The monoisotopic (exact) mass is 137 g/mol. The molecule has 0 aliphatic rings. The molecule has 1 nitrogen and oxygen atoms in total. The second-order valence-electron chi connectivity index (χ2n) is 0.818. The molecule has 0 rings (SSSR count). The van der Waals surface area contributed by atoms with Gasteiger partial charge >= 0.3 is 0 Å². The molecule has 0 aliphatic heterocycles. The van der Waals surface area contributed by atoms with Crippen LogP contribution in [0.5, 0.6) is 0 Å². The van der Waals surface area contributed by atoms with Crippen LogP contribution in [0, 0.1) is 0 Å². The SMILES string of the molecule is CCC([O])Br. The van der Waals surface area contributed by atoms with Gasteiger partial charge in [0.25, 0.3) is 0 Å². The first-order valence-electron chi connectivity index (χ1n) is 1.57. The second kappa shape index (κ2) is 2.67. The van der Waals surface area contributed by atoms with Crippen LogP contribution in [-0.2, 0) is 5.11 Å². The molecule has 1 radical (unpaired) electrons. The summed E-state index contributed by atoms with van der Waals surface area (Å²) in [6.07, 6.45) is 0.667. The van der Waals surface area contributed by atoms with Crippen molar-refractivity contribution in [3.05, 3.63) is 0 Å². The van der Waals surface area contributed by atoms with Crippen molar-refractivity contribution < 1.29 is 5.11 Å². The van der Waals surface area contributed by atoms with Gasteiger partial charge in [-0.1, -0.05) is 22.9 Å². The molecule has 0 amide bonds. The van der Waals surface area contributed by atoms with Gasteiger partial charge in [0.05, 0.1) is 0 Å². The summed E-state index contributed by atoms with van der Waals surface area (Å²) < 4.78 is 0. The first-order chi connectivity index (χ1) is 2.27. The molecule has 5 heavy (non-hydrogen) atoms. The van der Waals surface area contributed by atoms with Gasteiger partial charge in [-0.05, 0) is 6.42 Å². The zero-order chi connectivity index (χ0) is 4.28. The minimum atomic E-state index is -0.553. The van der Waals surface area contributed by atoms with Gasteiger partial charge in [-0.25, -0.2) is 5.11 Å². The van der Waals surface area contributed by atoms with E-state index in [0.717, 1.165) is 0 Å². The zero-order valence-electron chi connectivity index (χ0n) is 3.07. The van der Waals surface area contributed by atoms with Crippen molar-refractivity contribution in [2.24, 2.45) is 0 Å². The lowest BCUT2D eigenvalue weighted by molar-refractivity contribution is 0.168. The highest BCUT2D eigenvalue weighted by atomic mass is 79.9. The first-order valence-corrected chi connectivity index (χ1v) is 2.48. The van der Waals surface area contributed by atoms with Crippen LogP contribution in [0.25, 0.3) is 0 Å². The van der Waals surface area contributed by atoms with E-state index in [1.165, 1.54) is 0 Å². The molecule has 0 bridgehead atoms. The topological polar surface area (TPSA) is 19.9 Å². The van der Waals surface area contributed by atoms with Gasteiger partial charge in [0.1, 0.15) is 5.01 Å². The lowest BCUT2D eigenvalue weighted by atomic mass is 10.5. The highest BCUT2D eigenvalue weighted by Gasteiger charge is 1.87. The van der Waals surface area contributed by atoms with E-state index in [0.29, 0.717) is 6.42 Å². The third kappa shape index (κ3) is 4.44. The van der Waals surface area contributed by atoms with E-state index in [4.69, 9.17) is 0 Å². The Kier molecular flexibility index (Phi) is 2.90. The fourth-order valence-electron chi connectivity index (χ4n) is 0. The van der Waals surface area contributed by atoms with Crippen LogP contribution in [0.1, 0.15) is 13.3 Å². The third-order valence-corrected chi connectivity index (χ3v) is 0.968. The second-order valence-corrected chi connectivity index (χ2v) is 1.84. The van der Waals surface area contributed by atoms with Gasteiger partial charge in [0.2, 0.25) is 0 Å². The molecule has 1 atom stereocenters. The molecule has 0 spiro atoms. The van der Waals surface area contributed by atoms with Crippen LogP contribution in [-0.4, -0.2) is 5.01 Å². The fourth-order valence-corrected chi connectivity index (χ4v) is 0. The number of alkyl halides is 1. The molecule has 31 valence electrons. The summed E-state index contributed by atoms with van der Waals surface area (Å²) in [7, 11) is 0. The average Bonchev–Trinajstić information content (AvgIpc) is 1.38. The molecule has 0 aromatic rings. The predicted octanol–water partition coefficient (Wildman–Crippen LogP) is 1.55. The van der Waals surface area contributed by atoms with Gasteiger partial charge in [-0.15, -0.1) is 0 Å². The molecule has 0 aliphatic carbocycles. The highest BCUT2D eigenvalue weighted by molar-refractivity contribution is 9.09. The van der Waals surface area contributed by atoms with Crippen molar-refractivity contribution >= 4 is 15.9 Å². The summed E-state index contributed by atoms with van der Waals surface area (Å²) in [6, 6.07) is 0. The molecule has 0 N–H and O–H groups in total. The van der Waals surface area contributed by atoms with Crippen molar-refractivity contribution in [3.63, 3.8) is 0 Å². The molecule has 0 heterocycles. The first kappa shape index (κ1) is 5.44. The third-order valence-electron chi connectivity index (χ3n) is 0.321. The summed E-state index contributed by atoms with van der Waals surface area (Å²) >= 11 is 2.82. The normalized spacial score (nSPS) is 15.0. The number of hydrogen-bond donors (Lipinski definition) is 0. The van der Waals surface area contributed by atoms with Crippen LogP contribution >= 0.6 is 15.9 Å². The lowest BCUT2D eigenvalue weighted by Crippen LogP contribution is -1.84. The maximum absolute atomic E-state index is 9.81. The summed E-state index contributed by atoms with van der Waals surface area (Å²) in [5, 5.41) is 9.26. The number of hydrogen-bond acceptors (Lipinski definition) is 0. The highest BCUT2D eigenvalue weighted by Crippen LogP contribution is 1.96. The fraction of sp³-hybridized carbons (Fsp3) is 1.00. The maximum Gasteiger partial charge on any atom is 0.147 e. The summed E-state index contributed by atoms with van der Waals surface area (Å²) in [6.45, 7) is 1.84. The summed E-state index contributed by atoms with van der Waals surface area (Å²) in [4.78, 5) is 0. The Labute approximate surface area is 40.1 Å². The molecule has 0 aromatic heterocycles. The molecule has 2 heteroatoms. The van der Waals surface area contributed by atoms with Crippen LogP contribution in [0.2, 0.25) is 0 Å². The molecule has 0 aromatic carbocycles. The molecular formula is C3H6BrO. The van der Waals surface area contributed by atoms with E-state index in [2.05, 4.69) is 15.9 Å². The summed E-state index contributed by atoms with van der Waals surface area (Å²) in [5.74, 6) is 0. The van der Waals surface area contributed by atoms with Gasteiger partial charge in [0.15, 0.2) is 0 Å². The smallest absolute Gasteiger partial charge is 0.147 e. The van der Waals surface area contributed by atoms with Crippen molar-refractivity contribution in [1.82, 2.24) is 0 Å². The minimum Gasteiger partial charge on any atom is -0.221 e. The van der Waals surface area contributed by atoms with Crippen LogP contribution in [0.15, 0.2) is 0 Å². The van der Waals surface area contributed by atoms with E-state index in [-0.39, 0.29) is 0 Å². The molecule has 0 fully saturated rings. The quantitative estimate of drug-likeness (QED) is 0.490. The predicted molar refractivity (Wildman–Crippen MR) is 23.7 cm³/mol. The van der Waals surface area contributed by atoms with Crippen LogP contribution in [0.3, 0.4) is 0 Å². The van der Waals surface area contributed by atoms with Crippen molar-refractivity contribution in [2.75, 3.05) is 0 Å². The van der Waals surface area contributed by atoms with E-state index in [1.54, 1.807) is 0 Å². The van der Waals surface area contributed by atoms with Gasteiger partial charge in [-0.2, -0.15) is 0 Å². The average molecular weight is 138 g/mol. The van der Waals surface area contributed by atoms with E-state index >= 15 is 0 Å². The lowest BCUT2D eigenvalue weighted by Gasteiger charge is -1.83. The molecule has 0 saturated carbocycles. The van der Waals surface area contributed by atoms with Crippen molar-refractivity contribution in [2.45, 2.75) is 18.4 Å². The van der Waals surface area contributed by atoms with Crippen molar-refractivity contribution in [1.29, 1.82) is 0 Å². The van der Waals surface area contributed by atoms with Crippen molar-refractivity contribution in [3.8, 4) is 0 Å². The van der Waals surface area contributed by atoms with E-state index < -0.39 is 5.01 Å².